The molecule has 1 N–H and O–H groups in total. The average molecular weight is 334 g/mol. The molecule has 5 nitrogen and oxygen atoms in total. The van der Waals surface area contributed by atoms with Crippen LogP contribution in [0.25, 0.3) is 10.9 Å². The van der Waals surface area contributed by atoms with Crippen LogP contribution in [0, 0.1) is 0 Å². The van der Waals surface area contributed by atoms with E-state index in [2.05, 4.69) is 56.6 Å². The van der Waals surface area contributed by atoms with Crippen molar-refractivity contribution in [3.8, 4) is 0 Å². The first kappa shape index (κ1) is 16.0. The third-order valence-corrected chi connectivity index (χ3v) is 4.68. The van der Waals surface area contributed by atoms with Gasteiger partial charge in [-0.25, -0.2) is 9.97 Å². The molecule has 25 heavy (non-hydrogen) atoms. The Hall–Kier alpha value is -2.50. The van der Waals surface area contributed by atoms with E-state index >= 15 is 0 Å². The highest BCUT2D eigenvalue weighted by Gasteiger charge is 2.22. The zero-order valence-electron chi connectivity index (χ0n) is 14.1. The van der Waals surface area contributed by atoms with Crippen molar-refractivity contribution in [2.45, 2.75) is 6.04 Å². The number of benzene rings is 2. The highest BCUT2D eigenvalue weighted by atomic mass is 16.5. The van der Waals surface area contributed by atoms with Crippen molar-refractivity contribution in [1.29, 1.82) is 0 Å². The van der Waals surface area contributed by atoms with Gasteiger partial charge in [-0.3, -0.25) is 4.90 Å². The van der Waals surface area contributed by atoms with Crippen LogP contribution in [-0.2, 0) is 4.74 Å². The summed E-state index contributed by atoms with van der Waals surface area (Å²) in [6.07, 6.45) is 1.62. The summed E-state index contributed by atoms with van der Waals surface area (Å²) >= 11 is 0. The van der Waals surface area contributed by atoms with E-state index < -0.39 is 0 Å². The van der Waals surface area contributed by atoms with E-state index in [1.165, 1.54) is 5.56 Å². The molecule has 3 aromatic rings. The van der Waals surface area contributed by atoms with Crippen molar-refractivity contribution in [1.82, 2.24) is 14.9 Å². The molecule has 2 aromatic carbocycles. The molecule has 1 unspecified atom stereocenters. The Kier molecular flexibility index (Phi) is 4.86. The van der Waals surface area contributed by atoms with Crippen molar-refractivity contribution in [2.75, 3.05) is 38.2 Å². The van der Waals surface area contributed by atoms with Gasteiger partial charge in [0, 0.05) is 25.0 Å². The SMILES string of the molecule is c1ccc(C(CNc2ncnc3ccccc23)N2CCOCC2)cc1. The van der Waals surface area contributed by atoms with E-state index in [-0.39, 0.29) is 0 Å². The minimum Gasteiger partial charge on any atom is -0.379 e. The molecule has 0 aliphatic carbocycles. The number of rotatable bonds is 5. The number of morpholine rings is 1. The molecule has 0 bridgehead atoms. The van der Waals surface area contributed by atoms with Crippen molar-refractivity contribution >= 4 is 16.7 Å². The van der Waals surface area contributed by atoms with Gasteiger partial charge in [0.05, 0.1) is 24.8 Å². The molecular weight excluding hydrogens is 312 g/mol. The van der Waals surface area contributed by atoms with E-state index in [1.807, 2.05) is 18.2 Å². The molecule has 5 heteroatoms. The number of ether oxygens (including phenoxy) is 1. The molecule has 1 aliphatic rings. The molecule has 128 valence electrons. The fourth-order valence-electron chi connectivity index (χ4n) is 3.36. The number of fused-ring (bicyclic) bond motifs is 1. The summed E-state index contributed by atoms with van der Waals surface area (Å²) in [6.45, 7) is 4.28. The van der Waals surface area contributed by atoms with Gasteiger partial charge in [0.1, 0.15) is 12.1 Å². The molecule has 1 fully saturated rings. The lowest BCUT2D eigenvalue weighted by molar-refractivity contribution is 0.0187. The van der Waals surface area contributed by atoms with Gasteiger partial charge in [0.15, 0.2) is 0 Å². The lowest BCUT2D eigenvalue weighted by Crippen LogP contribution is -2.41. The Labute approximate surface area is 147 Å². The Morgan fingerprint density at radius 2 is 1.72 bits per heavy atom. The molecule has 1 atom stereocenters. The molecular formula is C20H22N4O. The number of nitrogens with one attached hydrogen (secondary N) is 1. The summed E-state index contributed by atoms with van der Waals surface area (Å²) in [5.41, 5.74) is 2.28. The summed E-state index contributed by atoms with van der Waals surface area (Å²) < 4.78 is 5.52. The summed E-state index contributed by atoms with van der Waals surface area (Å²) in [6, 6.07) is 19.0. The molecule has 0 spiro atoms. The zero-order valence-corrected chi connectivity index (χ0v) is 14.1. The van der Waals surface area contributed by atoms with E-state index in [1.54, 1.807) is 6.33 Å². The highest BCUT2D eigenvalue weighted by Crippen LogP contribution is 2.24. The van der Waals surface area contributed by atoms with Crippen LogP contribution in [0.2, 0.25) is 0 Å². The molecule has 1 saturated heterocycles. The van der Waals surface area contributed by atoms with Crippen LogP contribution in [0.15, 0.2) is 60.9 Å². The number of hydrogen-bond donors (Lipinski definition) is 1. The van der Waals surface area contributed by atoms with Gasteiger partial charge in [0.25, 0.3) is 0 Å². The summed E-state index contributed by atoms with van der Waals surface area (Å²) in [5, 5.41) is 4.60. The fraction of sp³-hybridized carbons (Fsp3) is 0.300. The molecule has 1 aromatic heterocycles. The van der Waals surface area contributed by atoms with Gasteiger partial charge < -0.3 is 10.1 Å². The average Bonchev–Trinajstić information content (AvgIpc) is 2.70. The predicted molar refractivity (Wildman–Crippen MR) is 99.6 cm³/mol. The van der Waals surface area contributed by atoms with Crippen LogP contribution >= 0.6 is 0 Å². The van der Waals surface area contributed by atoms with Crippen LogP contribution in [0.4, 0.5) is 5.82 Å². The van der Waals surface area contributed by atoms with Crippen molar-refractivity contribution in [3.63, 3.8) is 0 Å². The van der Waals surface area contributed by atoms with Crippen molar-refractivity contribution in [2.24, 2.45) is 0 Å². The normalized spacial score (nSPS) is 16.6. The van der Waals surface area contributed by atoms with Gasteiger partial charge in [0.2, 0.25) is 0 Å². The third-order valence-electron chi connectivity index (χ3n) is 4.68. The van der Waals surface area contributed by atoms with Crippen LogP contribution in [0.3, 0.4) is 0 Å². The minimum absolute atomic E-state index is 0.291. The van der Waals surface area contributed by atoms with Gasteiger partial charge in [-0.2, -0.15) is 0 Å². The van der Waals surface area contributed by atoms with Crippen LogP contribution in [-0.4, -0.2) is 47.7 Å². The van der Waals surface area contributed by atoms with E-state index in [9.17, 15) is 0 Å². The number of aromatic nitrogens is 2. The molecule has 1 aliphatic heterocycles. The van der Waals surface area contributed by atoms with Gasteiger partial charge in [-0.1, -0.05) is 42.5 Å². The summed E-state index contributed by atoms with van der Waals surface area (Å²) in [4.78, 5) is 11.3. The Morgan fingerprint density at radius 3 is 2.56 bits per heavy atom. The molecule has 0 amide bonds. The second-order valence-corrected chi connectivity index (χ2v) is 6.20. The first-order chi connectivity index (χ1) is 12.4. The Morgan fingerprint density at radius 1 is 0.960 bits per heavy atom. The summed E-state index contributed by atoms with van der Waals surface area (Å²) in [7, 11) is 0. The summed E-state index contributed by atoms with van der Waals surface area (Å²) in [5.74, 6) is 0.889. The second kappa shape index (κ2) is 7.59. The highest BCUT2D eigenvalue weighted by molar-refractivity contribution is 5.88. The fourth-order valence-corrected chi connectivity index (χ4v) is 3.36. The monoisotopic (exact) mass is 334 g/mol. The van der Waals surface area contributed by atoms with Crippen LogP contribution in [0.5, 0.6) is 0 Å². The topological polar surface area (TPSA) is 50.3 Å². The van der Waals surface area contributed by atoms with Crippen molar-refractivity contribution in [3.05, 3.63) is 66.5 Å². The minimum atomic E-state index is 0.291. The van der Waals surface area contributed by atoms with Gasteiger partial charge in [-0.15, -0.1) is 0 Å². The van der Waals surface area contributed by atoms with E-state index in [0.29, 0.717) is 6.04 Å². The van der Waals surface area contributed by atoms with Gasteiger partial charge in [-0.05, 0) is 17.7 Å². The maximum Gasteiger partial charge on any atom is 0.137 e. The van der Waals surface area contributed by atoms with Gasteiger partial charge >= 0.3 is 0 Å². The number of hydrogen-bond acceptors (Lipinski definition) is 5. The third kappa shape index (κ3) is 3.62. The van der Waals surface area contributed by atoms with E-state index in [0.717, 1.165) is 49.6 Å². The second-order valence-electron chi connectivity index (χ2n) is 6.20. The number of para-hydroxylation sites is 1. The largest absolute Gasteiger partial charge is 0.379 e. The Balaban J connectivity index is 1.58. The molecule has 0 saturated carbocycles. The quantitative estimate of drug-likeness (QED) is 0.777. The van der Waals surface area contributed by atoms with Crippen molar-refractivity contribution < 1.29 is 4.74 Å². The lowest BCUT2D eigenvalue weighted by atomic mass is 10.0. The molecule has 2 heterocycles. The smallest absolute Gasteiger partial charge is 0.137 e. The molecule has 0 radical (unpaired) electrons. The lowest BCUT2D eigenvalue weighted by Gasteiger charge is -2.35. The Bertz CT molecular complexity index is 813. The number of anilines is 1. The zero-order chi connectivity index (χ0) is 16.9. The predicted octanol–water partition coefficient (Wildman–Crippen LogP) is 3.12. The van der Waals surface area contributed by atoms with Crippen LogP contribution < -0.4 is 5.32 Å². The van der Waals surface area contributed by atoms with Crippen LogP contribution in [0.1, 0.15) is 11.6 Å². The maximum atomic E-state index is 5.52. The number of nitrogens with zero attached hydrogens (tertiary/aromatic N) is 3. The first-order valence-electron chi connectivity index (χ1n) is 8.72. The van der Waals surface area contributed by atoms with E-state index in [4.69, 9.17) is 4.74 Å². The first-order valence-corrected chi connectivity index (χ1v) is 8.72. The maximum absolute atomic E-state index is 5.52. The standard InChI is InChI=1S/C20H22N4O/c1-2-6-16(7-3-1)19(24-10-12-25-13-11-24)14-21-20-17-8-4-5-9-18(17)22-15-23-20/h1-9,15,19H,10-14H2,(H,21,22,23). The molecule has 4 rings (SSSR count).